The Bertz CT molecular complexity index is 545. The Labute approximate surface area is 114 Å². The molecule has 20 heavy (non-hydrogen) atoms. The number of hydrogen-bond acceptors (Lipinski definition) is 3. The molecule has 2 heterocycles. The Kier molecular flexibility index (Phi) is 4.26. The van der Waals surface area contributed by atoms with Crippen LogP contribution in [0.5, 0.6) is 0 Å². The molecule has 0 unspecified atom stereocenters. The van der Waals surface area contributed by atoms with Crippen LogP contribution in [0.25, 0.3) is 0 Å². The summed E-state index contributed by atoms with van der Waals surface area (Å²) in [4.78, 5) is 7.54. The topological polar surface area (TPSA) is 42.7 Å². The van der Waals surface area contributed by atoms with Crippen LogP contribution in [0.1, 0.15) is 25.5 Å². The molecular formula is C13H15F3N4. The van der Waals surface area contributed by atoms with E-state index >= 15 is 0 Å². The highest BCUT2D eigenvalue weighted by Gasteiger charge is 2.32. The van der Waals surface area contributed by atoms with Crippen molar-refractivity contribution < 1.29 is 13.2 Å². The molecular weight excluding hydrogens is 269 g/mol. The zero-order valence-corrected chi connectivity index (χ0v) is 11.0. The standard InChI is InChI=1S/C13H15F3N4/c1-2-3-7-20-8-6-17-12(20)19-10-4-5-11(18-9-10)13(14,15)16/h4-6,8-9H,2-3,7H2,1H3,(H,17,19). The van der Waals surface area contributed by atoms with E-state index in [1.165, 1.54) is 6.07 Å². The van der Waals surface area contributed by atoms with E-state index in [1.54, 1.807) is 6.20 Å². The number of anilines is 2. The Morgan fingerprint density at radius 2 is 2.05 bits per heavy atom. The lowest BCUT2D eigenvalue weighted by atomic mass is 10.3. The first-order valence-corrected chi connectivity index (χ1v) is 6.32. The number of hydrogen-bond donors (Lipinski definition) is 1. The second kappa shape index (κ2) is 5.94. The fourth-order valence-corrected chi connectivity index (χ4v) is 1.71. The molecule has 0 amide bonds. The van der Waals surface area contributed by atoms with Crippen LogP contribution in [0, 0.1) is 0 Å². The number of halogens is 3. The summed E-state index contributed by atoms with van der Waals surface area (Å²) in [7, 11) is 0. The first kappa shape index (κ1) is 14.4. The van der Waals surface area contributed by atoms with Gasteiger partial charge in [0.25, 0.3) is 0 Å². The van der Waals surface area contributed by atoms with E-state index in [1.807, 2.05) is 10.8 Å². The molecule has 0 aliphatic carbocycles. The number of unbranched alkanes of at least 4 members (excludes halogenated alkanes) is 1. The summed E-state index contributed by atoms with van der Waals surface area (Å²) in [5, 5.41) is 2.96. The van der Waals surface area contributed by atoms with Crippen LogP contribution in [0.3, 0.4) is 0 Å². The summed E-state index contributed by atoms with van der Waals surface area (Å²) in [5.41, 5.74) is -0.431. The number of alkyl halides is 3. The van der Waals surface area contributed by atoms with Crippen LogP contribution in [0.4, 0.5) is 24.8 Å². The second-order valence-electron chi connectivity index (χ2n) is 4.35. The second-order valence-corrected chi connectivity index (χ2v) is 4.35. The van der Waals surface area contributed by atoms with Gasteiger partial charge < -0.3 is 9.88 Å². The van der Waals surface area contributed by atoms with Crippen LogP contribution in [-0.4, -0.2) is 14.5 Å². The average molecular weight is 284 g/mol. The predicted octanol–water partition coefficient (Wildman–Crippen LogP) is 3.84. The van der Waals surface area contributed by atoms with Gasteiger partial charge in [-0.25, -0.2) is 9.97 Å². The van der Waals surface area contributed by atoms with Crippen molar-refractivity contribution in [2.24, 2.45) is 0 Å². The summed E-state index contributed by atoms with van der Waals surface area (Å²) in [6.45, 7) is 2.90. The van der Waals surface area contributed by atoms with Crippen molar-refractivity contribution in [1.82, 2.24) is 14.5 Å². The van der Waals surface area contributed by atoms with Crippen molar-refractivity contribution >= 4 is 11.6 Å². The van der Waals surface area contributed by atoms with Crippen molar-refractivity contribution in [1.29, 1.82) is 0 Å². The van der Waals surface area contributed by atoms with Gasteiger partial charge in [0.15, 0.2) is 0 Å². The number of rotatable bonds is 5. The van der Waals surface area contributed by atoms with Crippen molar-refractivity contribution in [3.63, 3.8) is 0 Å². The van der Waals surface area contributed by atoms with E-state index in [9.17, 15) is 13.2 Å². The monoisotopic (exact) mass is 284 g/mol. The number of pyridine rings is 1. The zero-order valence-electron chi connectivity index (χ0n) is 11.0. The van der Waals surface area contributed by atoms with Crippen molar-refractivity contribution in [3.05, 3.63) is 36.4 Å². The summed E-state index contributed by atoms with van der Waals surface area (Å²) in [5.74, 6) is 0.597. The highest BCUT2D eigenvalue weighted by atomic mass is 19.4. The van der Waals surface area contributed by atoms with Crippen molar-refractivity contribution in [3.8, 4) is 0 Å². The highest BCUT2D eigenvalue weighted by molar-refractivity contribution is 5.52. The molecule has 0 saturated carbocycles. The molecule has 2 aromatic heterocycles. The fraction of sp³-hybridized carbons (Fsp3) is 0.385. The molecule has 7 heteroatoms. The number of aryl methyl sites for hydroxylation is 1. The van der Waals surface area contributed by atoms with Gasteiger partial charge in [0, 0.05) is 18.9 Å². The third-order valence-corrected chi connectivity index (χ3v) is 2.78. The van der Waals surface area contributed by atoms with Gasteiger partial charge in [0.1, 0.15) is 5.69 Å². The Hall–Kier alpha value is -2.05. The fourth-order valence-electron chi connectivity index (χ4n) is 1.71. The van der Waals surface area contributed by atoms with Gasteiger partial charge >= 0.3 is 6.18 Å². The van der Waals surface area contributed by atoms with E-state index in [-0.39, 0.29) is 0 Å². The van der Waals surface area contributed by atoms with Crippen LogP contribution in [0.15, 0.2) is 30.7 Å². The summed E-state index contributed by atoms with van der Waals surface area (Å²) in [6.07, 6.45) is 2.28. The van der Waals surface area contributed by atoms with Crippen LogP contribution >= 0.6 is 0 Å². The molecule has 1 N–H and O–H groups in total. The minimum Gasteiger partial charge on any atom is -0.324 e. The van der Waals surface area contributed by atoms with Gasteiger partial charge in [0.2, 0.25) is 5.95 Å². The lowest BCUT2D eigenvalue weighted by Gasteiger charge is -2.10. The van der Waals surface area contributed by atoms with Crippen LogP contribution < -0.4 is 5.32 Å². The summed E-state index contributed by atoms with van der Waals surface area (Å²) >= 11 is 0. The van der Waals surface area contributed by atoms with Gasteiger partial charge in [-0.15, -0.1) is 0 Å². The molecule has 0 spiro atoms. The molecule has 2 aromatic rings. The average Bonchev–Trinajstić information content (AvgIpc) is 2.83. The normalized spacial score (nSPS) is 11.6. The molecule has 2 rings (SSSR count). The Morgan fingerprint density at radius 1 is 1.25 bits per heavy atom. The van der Waals surface area contributed by atoms with Crippen molar-refractivity contribution in [2.75, 3.05) is 5.32 Å². The Balaban J connectivity index is 2.09. The molecule has 0 atom stereocenters. The number of nitrogens with one attached hydrogen (secondary N) is 1. The molecule has 0 saturated heterocycles. The smallest absolute Gasteiger partial charge is 0.324 e. The quantitative estimate of drug-likeness (QED) is 0.907. The minimum atomic E-state index is -4.42. The molecule has 0 aliphatic heterocycles. The van der Waals surface area contributed by atoms with Crippen LogP contribution in [0.2, 0.25) is 0 Å². The maximum Gasteiger partial charge on any atom is 0.433 e. The molecule has 0 fully saturated rings. The first-order chi connectivity index (χ1) is 9.50. The zero-order chi connectivity index (χ0) is 14.6. The molecule has 0 radical (unpaired) electrons. The van der Waals surface area contributed by atoms with E-state index in [0.717, 1.165) is 31.6 Å². The molecule has 0 aromatic carbocycles. The van der Waals surface area contributed by atoms with Gasteiger partial charge in [-0.2, -0.15) is 13.2 Å². The van der Waals surface area contributed by atoms with Gasteiger partial charge in [0.05, 0.1) is 11.9 Å². The number of imidazole rings is 1. The van der Waals surface area contributed by atoms with Gasteiger partial charge in [-0.05, 0) is 18.6 Å². The summed E-state index contributed by atoms with van der Waals surface area (Å²) < 4.78 is 39.1. The molecule has 4 nitrogen and oxygen atoms in total. The van der Waals surface area contributed by atoms with Crippen molar-refractivity contribution in [2.45, 2.75) is 32.5 Å². The van der Waals surface area contributed by atoms with E-state index < -0.39 is 11.9 Å². The lowest BCUT2D eigenvalue weighted by Crippen LogP contribution is -2.08. The van der Waals surface area contributed by atoms with Gasteiger partial charge in [-0.1, -0.05) is 13.3 Å². The third-order valence-electron chi connectivity index (χ3n) is 2.78. The predicted molar refractivity (Wildman–Crippen MR) is 69.7 cm³/mol. The van der Waals surface area contributed by atoms with Crippen LogP contribution in [-0.2, 0) is 12.7 Å². The molecule has 108 valence electrons. The van der Waals surface area contributed by atoms with E-state index in [4.69, 9.17) is 0 Å². The first-order valence-electron chi connectivity index (χ1n) is 6.32. The maximum atomic E-state index is 12.4. The molecule has 0 aliphatic rings. The minimum absolute atomic E-state index is 0.474. The maximum absolute atomic E-state index is 12.4. The highest BCUT2D eigenvalue weighted by Crippen LogP contribution is 2.28. The lowest BCUT2D eigenvalue weighted by molar-refractivity contribution is -0.141. The molecule has 0 bridgehead atoms. The largest absolute Gasteiger partial charge is 0.433 e. The Morgan fingerprint density at radius 3 is 2.65 bits per heavy atom. The number of aromatic nitrogens is 3. The van der Waals surface area contributed by atoms with E-state index in [2.05, 4.69) is 22.2 Å². The summed E-state index contributed by atoms with van der Waals surface area (Å²) in [6, 6.07) is 2.29. The SMILES string of the molecule is CCCCn1ccnc1Nc1ccc(C(F)(F)F)nc1. The number of nitrogens with zero attached hydrogens (tertiary/aromatic N) is 3. The van der Waals surface area contributed by atoms with Gasteiger partial charge in [-0.3, -0.25) is 0 Å². The van der Waals surface area contributed by atoms with E-state index in [0.29, 0.717) is 11.6 Å². The third kappa shape index (κ3) is 3.49.